The van der Waals surface area contributed by atoms with Gasteiger partial charge in [0, 0.05) is 18.7 Å². The lowest BCUT2D eigenvalue weighted by atomic mass is 10.3. The molecular weight excluding hydrogens is 178 g/mol. The first-order chi connectivity index (χ1) is 6.54. The minimum atomic E-state index is -0.325. The van der Waals surface area contributed by atoms with Crippen LogP contribution >= 0.6 is 0 Å². The second-order valence-corrected chi connectivity index (χ2v) is 3.40. The summed E-state index contributed by atoms with van der Waals surface area (Å²) in [5.41, 5.74) is 1.71. The maximum absolute atomic E-state index is 10.9. The summed E-state index contributed by atoms with van der Waals surface area (Å²) in [7, 11) is 0. The van der Waals surface area contributed by atoms with Gasteiger partial charge in [-0.05, 0) is 20.8 Å². The quantitative estimate of drug-likeness (QED) is 0.304. The summed E-state index contributed by atoms with van der Waals surface area (Å²) in [6, 6.07) is 0. The zero-order chi connectivity index (χ0) is 11.0. The third-order valence-electron chi connectivity index (χ3n) is 1.52. The van der Waals surface area contributed by atoms with Crippen LogP contribution in [0.25, 0.3) is 0 Å². The zero-order valence-electron chi connectivity index (χ0n) is 9.22. The first-order valence-electron chi connectivity index (χ1n) is 4.70. The van der Waals surface area contributed by atoms with Gasteiger partial charge in [0.25, 0.3) is 0 Å². The fraction of sp³-hybridized carbons (Fsp3) is 0.545. The number of allylic oxidation sites excluding steroid dienone is 1. The number of hydrogen-bond acceptors (Lipinski definition) is 3. The number of rotatable bonds is 6. The van der Waals surface area contributed by atoms with Crippen molar-refractivity contribution >= 4 is 5.97 Å². The molecule has 14 heavy (non-hydrogen) atoms. The van der Waals surface area contributed by atoms with Crippen LogP contribution in [0.2, 0.25) is 0 Å². The number of hydrogen-bond donors (Lipinski definition) is 1. The number of ether oxygens (including phenoxy) is 1. The Hall–Kier alpha value is -1.09. The highest BCUT2D eigenvalue weighted by molar-refractivity contribution is 5.86. The van der Waals surface area contributed by atoms with Crippen LogP contribution in [0.15, 0.2) is 23.8 Å². The molecule has 0 aliphatic heterocycles. The number of esters is 1. The van der Waals surface area contributed by atoms with Crippen LogP contribution in [-0.4, -0.2) is 25.7 Å². The maximum Gasteiger partial charge on any atom is 0.333 e. The van der Waals surface area contributed by atoms with Crippen LogP contribution in [-0.2, 0) is 9.53 Å². The minimum Gasteiger partial charge on any atom is -0.461 e. The molecule has 0 aromatic heterocycles. The molecule has 0 bridgehead atoms. The Labute approximate surface area is 85.8 Å². The van der Waals surface area contributed by atoms with Crippen LogP contribution in [0, 0.1) is 0 Å². The molecule has 0 saturated carbocycles. The molecule has 0 aliphatic rings. The summed E-state index contributed by atoms with van der Waals surface area (Å²) in [5, 5.41) is 3.13. The van der Waals surface area contributed by atoms with E-state index in [0.717, 1.165) is 6.54 Å². The van der Waals surface area contributed by atoms with Crippen LogP contribution in [0.3, 0.4) is 0 Å². The van der Waals surface area contributed by atoms with Gasteiger partial charge in [0.15, 0.2) is 0 Å². The van der Waals surface area contributed by atoms with Crippen molar-refractivity contribution in [1.29, 1.82) is 0 Å². The van der Waals surface area contributed by atoms with Crippen molar-refractivity contribution in [3.05, 3.63) is 23.8 Å². The molecule has 0 aromatic rings. The van der Waals surface area contributed by atoms with Crippen LogP contribution in [0.1, 0.15) is 20.8 Å². The van der Waals surface area contributed by atoms with E-state index in [1.807, 2.05) is 13.8 Å². The van der Waals surface area contributed by atoms with Crippen molar-refractivity contribution in [3.63, 3.8) is 0 Å². The fourth-order valence-electron chi connectivity index (χ4n) is 0.717. The highest BCUT2D eigenvalue weighted by Gasteiger charge is 2.00. The summed E-state index contributed by atoms with van der Waals surface area (Å²) in [6.45, 7) is 11.1. The summed E-state index contributed by atoms with van der Waals surface area (Å²) in [5.74, 6) is -0.325. The molecule has 0 rings (SSSR count). The summed E-state index contributed by atoms with van der Waals surface area (Å²) < 4.78 is 4.89. The fourth-order valence-corrected chi connectivity index (χ4v) is 0.717. The number of carbonyl (C=O) groups excluding carboxylic acids is 1. The maximum atomic E-state index is 10.9. The van der Waals surface area contributed by atoms with Gasteiger partial charge in [-0.25, -0.2) is 4.79 Å². The molecule has 1 N–H and O–H groups in total. The molecule has 0 radical (unpaired) electrons. The summed E-state index contributed by atoms with van der Waals surface area (Å²) in [6.07, 6.45) is 2.08. The topological polar surface area (TPSA) is 38.3 Å². The lowest BCUT2D eigenvalue weighted by Crippen LogP contribution is -2.21. The van der Waals surface area contributed by atoms with Gasteiger partial charge in [-0.1, -0.05) is 18.2 Å². The van der Waals surface area contributed by atoms with Crippen molar-refractivity contribution in [2.24, 2.45) is 0 Å². The molecule has 80 valence electrons. The van der Waals surface area contributed by atoms with E-state index in [2.05, 4.69) is 18.0 Å². The third kappa shape index (κ3) is 7.55. The van der Waals surface area contributed by atoms with Crippen molar-refractivity contribution < 1.29 is 9.53 Å². The van der Waals surface area contributed by atoms with E-state index in [4.69, 9.17) is 4.74 Å². The normalized spacial score (nSPS) is 9.36. The Bertz CT molecular complexity index is 227. The van der Waals surface area contributed by atoms with Gasteiger partial charge in [0.05, 0.1) is 0 Å². The van der Waals surface area contributed by atoms with Crippen LogP contribution < -0.4 is 5.32 Å². The molecule has 0 saturated heterocycles. The van der Waals surface area contributed by atoms with Gasteiger partial charge < -0.3 is 10.1 Å². The van der Waals surface area contributed by atoms with Gasteiger partial charge in [-0.15, -0.1) is 0 Å². The van der Waals surface area contributed by atoms with Gasteiger partial charge in [0.1, 0.15) is 6.61 Å². The summed E-state index contributed by atoms with van der Waals surface area (Å²) >= 11 is 0. The molecule has 0 amide bonds. The molecule has 0 aromatic carbocycles. The number of nitrogens with one attached hydrogen (secondary N) is 1. The molecule has 3 nitrogen and oxygen atoms in total. The Morgan fingerprint density at radius 1 is 1.43 bits per heavy atom. The smallest absolute Gasteiger partial charge is 0.333 e. The van der Waals surface area contributed by atoms with Gasteiger partial charge >= 0.3 is 5.97 Å². The van der Waals surface area contributed by atoms with Crippen molar-refractivity contribution in [2.75, 3.05) is 19.7 Å². The molecule has 0 heterocycles. The third-order valence-corrected chi connectivity index (χ3v) is 1.52. The van der Waals surface area contributed by atoms with E-state index in [1.54, 1.807) is 6.92 Å². The predicted molar refractivity (Wildman–Crippen MR) is 58.1 cm³/mol. The Kier molecular flexibility index (Phi) is 6.76. The first kappa shape index (κ1) is 12.9. The highest BCUT2D eigenvalue weighted by atomic mass is 16.5. The lowest BCUT2D eigenvalue weighted by Gasteiger charge is -2.04. The van der Waals surface area contributed by atoms with Gasteiger partial charge in [-0.3, -0.25) is 0 Å². The van der Waals surface area contributed by atoms with E-state index in [9.17, 15) is 4.79 Å². The SMILES string of the molecule is C=C(C)C(=O)OCCNCC=C(C)C. The molecule has 0 fully saturated rings. The monoisotopic (exact) mass is 197 g/mol. The summed E-state index contributed by atoms with van der Waals surface area (Å²) in [4.78, 5) is 10.9. The Morgan fingerprint density at radius 2 is 2.07 bits per heavy atom. The van der Waals surface area contributed by atoms with Crippen molar-refractivity contribution in [2.45, 2.75) is 20.8 Å². The minimum absolute atomic E-state index is 0.325. The molecule has 0 aliphatic carbocycles. The largest absolute Gasteiger partial charge is 0.461 e. The Balaban J connectivity index is 3.35. The van der Waals surface area contributed by atoms with Crippen LogP contribution in [0.4, 0.5) is 0 Å². The van der Waals surface area contributed by atoms with E-state index < -0.39 is 0 Å². The molecular formula is C11H19NO2. The van der Waals surface area contributed by atoms with Gasteiger partial charge in [-0.2, -0.15) is 0 Å². The lowest BCUT2D eigenvalue weighted by molar-refractivity contribution is -0.138. The average Bonchev–Trinajstić information content (AvgIpc) is 2.09. The van der Waals surface area contributed by atoms with E-state index in [1.165, 1.54) is 5.57 Å². The van der Waals surface area contributed by atoms with E-state index >= 15 is 0 Å². The second-order valence-electron chi connectivity index (χ2n) is 3.40. The van der Waals surface area contributed by atoms with Gasteiger partial charge in [0.2, 0.25) is 0 Å². The first-order valence-corrected chi connectivity index (χ1v) is 4.70. The number of carbonyl (C=O) groups is 1. The average molecular weight is 197 g/mol. The van der Waals surface area contributed by atoms with Crippen LogP contribution in [0.5, 0.6) is 0 Å². The standard InChI is InChI=1S/C11H19NO2/c1-9(2)5-6-12-7-8-14-11(13)10(3)4/h5,12H,3,6-8H2,1-2,4H3. The molecule has 0 spiro atoms. The second kappa shape index (κ2) is 7.33. The Morgan fingerprint density at radius 3 is 2.57 bits per heavy atom. The molecule has 3 heteroatoms. The van der Waals surface area contributed by atoms with Crippen molar-refractivity contribution in [3.8, 4) is 0 Å². The van der Waals surface area contributed by atoms with E-state index in [0.29, 0.717) is 18.7 Å². The highest BCUT2D eigenvalue weighted by Crippen LogP contribution is 1.90. The molecule has 0 atom stereocenters. The zero-order valence-corrected chi connectivity index (χ0v) is 9.22. The molecule has 0 unspecified atom stereocenters. The predicted octanol–water partition coefficient (Wildman–Crippen LogP) is 1.66. The van der Waals surface area contributed by atoms with Crippen molar-refractivity contribution in [1.82, 2.24) is 5.32 Å². The van der Waals surface area contributed by atoms with E-state index in [-0.39, 0.29) is 5.97 Å².